The van der Waals surface area contributed by atoms with Crippen LogP contribution in [0.25, 0.3) is 0 Å². The number of urea groups is 1. The summed E-state index contributed by atoms with van der Waals surface area (Å²) in [6.45, 7) is 5.96. The van der Waals surface area contributed by atoms with Gasteiger partial charge in [-0.15, -0.1) is 0 Å². The van der Waals surface area contributed by atoms with Crippen molar-refractivity contribution in [1.29, 1.82) is 0 Å². The van der Waals surface area contributed by atoms with Crippen LogP contribution in [-0.4, -0.2) is 47.1 Å². The third kappa shape index (κ3) is 5.11. The molecule has 9 heteroatoms. The highest BCUT2D eigenvalue weighted by molar-refractivity contribution is 5.89. The van der Waals surface area contributed by atoms with Crippen LogP contribution in [0.15, 0.2) is 48.5 Å². The summed E-state index contributed by atoms with van der Waals surface area (Å²) in [6, 6.07) is 12.5. The summed E-state index contributed by atoms with van der Waals surface area (Å²) in [7, 11) is 0. The van der Waals surface area contributed by atoms with Crippen LogP contribution in [0.3, 0.4) is 0 Å². The number of nitrogens with zero attached hydrogens (tertiary/aromatic N) is 4. The van der Waals surface area contributed by atoms with E-state index in [1.165, 1.54) is 11.6 Å². The minimum atomic E-state index is -0.804. The van der Waals surface area contributed by atoms with Gasteiger partial charge in [-0.25, -0.2) is 18.6 Å². The summed E-state index contributed by atoms with van der Waals surface area (Å²) in [6.07, 6.45) is 0. The first-order chi connectivity index (χ1) is 15.4. The zero-order chi connectivity index (χ0) is 22.7. The van der Waals surface area contributed by atoms with E-state index in [1.54, 1.807) is 4.90 Å². The number of carbonyl (C=O) groups is 1. The molecule has 32 heavy (non-hydrogen) atoms. The number of amides is 2. The van der Waals surface area contributed by atoms with Gasteiger partial charge < -0.3 is 20.4 Å². The molecular weight excluding hydrogens is 414 g/mol. The molecule has 0 radical (unpaired) electrons. The fraction of sp³-hybridized carbons (Fsp3) is 0.261. The molecule has 0 aliphatic carbocycles. The topological polar surface area (TPSA) is 73.4 Å². The molecule has 7 nitrogen and oxygen atoms in total. The molecule has 0 atom stereocenters. The Balaban J connectivity index is 1.38. The predicted molar refractivity (Wildman–Crippen MR) is 120 cm³/mol. The molecule has 1 aromatic heterocycles. The number of piperazine rings is 1. The molecule has 2 heterocycles. The second kappa shape index (κ2) is 9.17. The van der Waals surface area contributed by atoms with E-state index in [-0.39, 0.29) is 5.69 Å². The number of nitrogens with one attached hydrogen (secondary N) is 2. The molecule has 0 spiro atoms. The average molecular weight is 438 g/mol. The van der Waals surface area contributed by atoms with Gasteiger partial charge in [0.25, 0.3) is 0 Å². The SMILES string of the molecule is Cc1ccc(Nc2nc(C)cc(N3CCN(C(=O)Nc4ccc(F)cc4F)CC3)n2)cc1. The van der Waals surface area contributed by atoms with Crippen LogP contribution in [-0.2, 0) is 0 Å². The van der Waals surface area contributed by atoms with Crippen molar-refractivity contribution in [2.24, 2.45) is 0 Å². The lowest BCUT2D eigenvalue weighted by Crippen LogP contribution is -2.50. The minimum absolute atomic E-state index is 0.0444. The Hall–Kier alpha value is -3.75. The van der Waals surface area contributed by atoms with E-state index in [1.807, 2.05) is 44.2 Å². The smallest absolute Gasteiger partial charge is 0.322 e. The Bertz CT molecular complexity index is 1110. The van der Waals surface area contributed by atoms with Gasteiger partial charge >= 0.3 is 6.03 Å². The van der Waals surface area contributed by atoms with Crippen molar-refractivity contribution in [1.82, 2.24) is 14.9 Å². The summed E-state index contributed by atoms with van der Waals surface area (Å²) in [4.78, 5) is 25.3. The van der Waals surface area contributed by atoms with Gasteiger partial charge in [0.05, 0.1) is 5.69 Å². The summed E-state index contributed by atoms with van der Waals surface area (Å²) < 4.78 is 26.9. The second-order valence-electron chi connectivity index (χ2n) is 7.71. The molecule has 1 saturated heterocycles. The zero-order valence-electron chi connectivity index (χ0n) is 17.9. The second-order valence-corrected chi connectivity index (χ2v) is 7.71. The van der Waals surface area contributed by atoms with Crippen LogP contribution in [0.1, 0.15) is 11.3 Å². The van der Waals surface area contributed by atoms with Crippen molar-refractivity contribution in [2.45, 2.75) is 13.8 Å². The van der Waals surface area contributed by atoms with E-state index in [0.29, 0.717) is 32.1 Å². The number of hydrogen-bond acceptors (Lipinski definition) is 5. The summed E-state index contributed by atoms with van der Waals surface area (Å²) in [5.41, 5.74) is 2.86. The fourth-order valence-electron chi connectivity index (χ4n) is 3.46. The first-order valence-corrected chi connectivity index (χ1v) is 10.3. The van der Waals surface area contributed by atoms with E-state index in [9.17, 15) is 13.6 Å². The van der Waals surface area contributed by atoms with Crippen LogP contribution in [0.5, 0.6) is 0 Å². The maximum atomic E-state index is 13.8. The van der Waals surface area contributed by atoms with Crippen LogP contribution < -0.4 is 15.5 Å². The van der Waals surface area contributed by atoms with Gasteiger partial charge in [-0.3, -0.25) is 0 Å². The number of aryl methyl sites for hydroxylation is 2. The summed E-state index contributed by atoms with van der Waals surface area (Å²) >= 11 is 0. The molecule has 0 bridgehead atoms. The molecule has 1 aliphatic rings. The van der Waals surface area contributed by atoms with Gasteiger partial charge in [-0.05, 0) is 38.1 Å². The Morgan fingerprint density at radius 3 is 2.34 bits per heavy atom. The number of benzene rings is 2. The van der Waals surface area contributed by atoms with E-state index < -0.39 is 17.7 Å². The van der Waals surface area contributed by atoms with E-state index in [0.717, 1.165) is 29.3 Å². The lowest BCUT2D eigenvalue weighted by Gasteiger charge is -2.35. The Labute approximate surface area is 185 Å². The minimum Gasteiger partial charge on any atom is -0.353 e. The van der Waals surface area contributed by atoms with Gasteiger partial charge in [-0.2, -0.15) is 4.98 Å². The predicted octanol–water partition coefficient (Wildman–Crippen LogP) is 4.47. The van der Waals surface area contributed by atoms with Crippen molar-refractivity contribution in [3.8, 4) is 0 Å². The molecule has 1 fully saturated rings. The summed E-state index contributed by atoms with van der Waals surface area (Å²) in [5.74, 6) is -0.208. The van der Waals surface area contributed by atoms with E-state index in [2.05, 4.69) is 25.5 Å². The third-order valence-electron chi connectivity index (χ3n) is 5.21. The maximum absolute atomic E-state index is 13.8. The standard InChI is InChI=1S/C23H24F2N6O/c1-15-3-6-18(7-4-15)27-22-26-16(2)13-21(29-22)30-9-11-31(12-10-30)23(32)28-20-8-5-17(24)14-19(20)25/h3-8,13-14H,9-12H2,1-2H3,(H,28,32)(H,26,27,29). The third-order valence-corrected chi connectivity index (χ3v) is 5.21. The van der Waals surface area contributed by atoms with Gasteiger partial charge in [0, 0.05) is 49.7 Å². The zero-order valence-corrected chi connectivity index (χ0v) is 17.9. The largest absolute Gasteiger partial charge is 0.353 e. The highest BCUT2D eigenvalue weighted by Gasteiger charge is 2.23. The Morgan fingerprint density at radius 2 is 1.66 bits per heavy atom. The quantitative estimate of drug-likeness (QED) is 0.629. The molecule has 2 aromatic carbocycles. The van der Waals surface area contributed by atoms with Gasteiger partial charge in [0.15, 0.2) is 0 Å². The first-order valence-electron chi connectivity index (χ1n) is 10.3. The normalized spacial score (nSPS) is 13.8. The lowest BCUT2D eigenvalue weighted by atomic mass is 10.2. The molecule has 2 amide bonds. The van der Waals surface area contributed by atoms with E-state index in [4.69, 9.17) is 0 Å². The van der Waals surface area contributed by atoms with Crippen LogP contribution >= 0.6 is 0 Å². The average Bonchev–Trinajstić information content (AvgIpc) is 2.77. The van der Waals surface area contributed by atoms with Gasteiger partial charge in [0.1, 0.15) is 17.5 Å². The summed E-state index contributed by atoms with van der Waals surface area (Å²) in [5, 5.41) is 5.73. The number of anilines is 4. The molecule has 0 unspecified atom stereocenters. The number of hydrogen-bond donors (Lipinski definition) is 2. The van der Waals surface area contributed by atoms with Crippen molar-refractivity contribution in [3.05, 3.63) is 71.4 Å². The molecule has 0 saturated carbocycles. The van der Waals surface area contributed by atoms with Crippen molar-refractivity contribution >= 4 is 29.2 Å². The van der Waals surface area contributed by atoms with Crippen molar-refractivity contribution in [3.63, 3.8) is 0 Å². The number of rotatable bonds is 4. The molecule has 166 valence electrons. The maximum Gasteiger partial charge on any atom is 0.322 e. The van der Waals surface area contributed by atoms with Crippen molar-refractivity contribution in [2.75, 3.05) is 41.7 Å². The Kier molecular flexibility index (Phi) is 6.16. The number of carbonyl (C=O) groups excluding carboxylic acids is 1. The van der Waals surface area contributed by atoms with Crippen LogP contribution in [0.4, 0.5) is 36.7 Å². The highest BCUT2D eigenvalue weighted by atomic mass is 19.1. The number of halogens is 2. The monoisotopic (exact) mass is 438 g/mol. The molecule has 4 rings (SSSR count). The molecule has 1 aliphatic heterocycles. The first kappa shape index (κ1) is 21.5. The van der Waals surface area contributed by atoms with E-state index >= 15 is 0 Å². The molecular formula is C23H24F2N6O. The van der Waals surface area contributed by atoms with Gasteiger partial charge in [-0.1, -0.05) is 17.7 Å². The fourth-order valence-corrected chi connectivity index (χ4v) is 3.46. The van der Waals surface area contributed by atoms with Crippen LogP contribution in [0.2, 0.25) is 0 Å². The highest BCUT2D eigenvalue weighted by Crippen LogP contribution is 2.21. The van der Waals surface area contributed by atoms with Gasteiger partial charge in [0.2, 0.25) is 5.95 Å². The van der Waals surface area contributed by atoms with Crippen molar-refractivity contribution < 1.29 is 13.6 Å². The lowest BCUT2D eigenvalue weighted by molar-refractivity contribution is 0.208. The number of aromatic nitrogens is 2. The Morgan fingerprint density at radius 1 is 0.938 bits per heavy atom. The molecule has 2 N–H and O–H groups in total. The van der Waals surface area contributed by atoms with Crippen LogP contribution in [0, 0.1) is 25.5 Å². The molecule has 3 aromatic rings.